The highest BCUT2D eigenvalue weighted by Gasteiger charge is 2.19. The minimum absolute atomic E-state index is 0.0624. The highest BCUT2D eigenvalue weighted by molar-refractivity contribution is 9.10. The van der Waals surface area contributed by atoms with Crippen LogP contribution in [0, 0.1) is 13.8 Å². The number of amides is 2. The van der Waals surface area contributed by atoms with Crippen LogP contribution in [0.3, 0.4) is 0 Å². The molecule has 48 heavy (non-hydrogen) atoms. The fraction of sp³-hybridized carbons (Fsp3) is 0.171. The van der Waals surface area contributed by atoms with Crippen molar-refractivity contribution in [3.63, 3.8) is 0 Å². The van der Waals surface area contributed by atoms with Gasteiger partial charge in [-0.1, -0.05) is 23.2 Å². The van der Waals surface area contributed by atoms with E-state index in [1.807, 2.05) is 24.3 Å². The lowest BCUT2D eigenvalue weighted by atomic mass is 10.2. The number of hydrazone groups is 1. The van der Waals surface area contributed by atoms with Crippen molar-refractivity contribution in [2.45, 2.75) is 27.4 Å². The Bertz CT molecular complexity index is 1920. The van der Waals surface area contributed by atoms with Gasteiger partial charge in [0, 0.05) is 37.8 Å². The van der Waals surface area contributed by atoms with Crippen LogP contribution in [0.1, 0.15) is 40.2 Å². The summed E-state index contributed by atoms with van der Waals surface area (Å²) in [5, 5.41) is 7.48. The van der Waals surface area contributed by atoms with E-state index in [9.17, 15) is 9.59 Å². The van der Waals surface area contributed by atoms with E-state index in [0.29, 0.717) is 38.9 Å². The zero-order valence-electron chi connectivity index (χ0n) is 26.2. The van der Waals surface area contributed by atoms with Crippen molar-refractivity contribution in [1.29, 1.82) is 0 Å². The van der Waals surface area contributed by atoms with Gasteiger partial charge in [-0.2, -0.15) is 5.10 Å². The minimum Gasteiger partial charge on any atom is -0.490 e. The summed E-state index contributed by atoms with van der Waals surface area (Å²) in [7, 11) is 0. The van der Waals surface area contributed by atoms with Crippen molar-refractivity contribution >= 4 is 62.8 Å². The molecular formula is C35H31BrCl2N4O6. The molecule has 0 aliphatic carbocycles. The molecular weight excluding hydrogens is 723 g/mol. The Morgan fingerprint density at radius 3 is 2.33 bits per heavy atom. The van der Waals surface area contributed by atoms with Crippen LogP contribution in [0.4, 0.5) is 5.69 Å². The zero-order valence-corrected chi connectivity index (χ0v) is 29.3. The number of aryl methyl sites for hydroxylation is 2. The first-order valence-corrected chi connectivity index (χ1v) is 16.3. The van der Waals surface area contributed by atoms with E-state index < -0.39 is 11.8 Å². The number of anilines is 1. The quantitative estimate of drug-likeness (QED) is 0.0920. The number of furan rings is 1. The maximum atomic E-state index is 12.7. The SMILES string of the molecule is CCOc1cc(/C=N/NC(=O)c2ccc(COc3ccc(-n4c(C)ccc4C)cc3)o2)c(Br)c(Cl)c1OCC(=O)Nc1ccc(Cl)cc1. The summed E-state index contributed by atoms with van der Waals surface area (Å²) in [5.74, 6) is 0.703. The highest BCUT2D eigenvalue weighted by Crippen LogP contribution is 2.42. The Morgan fingerprint density at radius 1 is 0.938 bits per heavy atom. The summed E-state index contributed by atoms with van der Waals surface area (Å²) in [6.45, 7) is 6.04. The van der Waals surface area contributed by atoms with Crippen molar-refractivity contribution < 1.29 is 28.2 Å². The van der Waals surface area contributed by atoms with Gasteiger partial charge in [0.2, 0.25) is 0 Å². The number of aromatic nitrogens is 1. The Balaban J connectivity index is 1.16. The van der Waals surface area contributed by atoms with Crippen molar-refractivity contribution in [1.82, 2.24) is 9.99 Å². The number of benzene rings is 3. The Hall–Kier alpha value is -4.71. The summed E-state index contributed by atoms with van der Waals surface area (Å²) in [4.78, 5) is 25.2. The van der Waals surface area contributed by atoms with Crippen LogP contribution in [0.2, 0.25) is 10.0 Å². The molecule has 2 heterocycles. The number of carbonyl (C=O) groups is 2. The molecule has 2 amide bonds. The van der Waals surface area contributed by atoms with Gasteiger partial charge in [-0.05, 0) is 116 Å². The van der Waals surface area contributed by atoms with Crippen LogP contribution in [-0.2, 0) is 11.4 Å². The summed E-state index contributed by atoms with van der Waals surface area (Å²) < 4.78 is 25.5. The van der Waals surface area contributed by atoms with Crippen LogP contribution in [0.15, 0.2) is 92.9 Å². The van der Waals surface area contributed by atoms with Gasteiger partial charge in [0.25, 0.3) is 5.91 Å². The van der Waals surface area contributed by atoms with Gasteiger partial charge in [-0.15, -0.1) is 0 Å². The molecule has 0 atom stereocenters. The number of nitrogens with one attached hydrogen (secondary N) is 2. The summed E-state index contributed by atoms with van der Waals surface area (Å²) in [6, 6.07) is 23.4. The number of nitrogens with zero attached hydrogens (tertiary/aromatic N) is 2. The molecule has 0 saturated carbocycles. The molecule has 0 aliphatic rings. The predicted molar refractivity (Wildman–Crippen MR) is 189 cm³/mol. The average Bonchev–Trinajstić information content (AvgIpc) is 3.69. The fourth-order valence-corrected chi connectivity index (χ4v) is 5.46. The molecule has 10 nitrogen and oxygen atoms in total. The predicted octanol–water partition coefficient (Wildman–Crippen LogP) is 8.52. The normalized spacial score (nSPS) is 11.0. The molecule has 2 N–H and O–H groups in total. The van der Waals surface area contributed by atoms with Crippen molar-refractivity contribution in [3.8, 4) is 22.9 Å². The molecule has 3 aromatic carbocycles. The van der Waals surface area contributed by atoms with E-state index >= 15 is 0 Å². The second-order valence-corrected chi connectivity index (χ2v) is 12.0. The number of halogens is 3. The van der Waals surface area contributed by atoms with Crippen molar-refractivity contribution in [3.05, 3.63) is 122 Å². The lowest BCUT2D eigenvalue weighted by Gasteiger charge is -2.16. The van der Waals surface area contributed by atoms with Gasteiger partial charge in [0.05, 0.1) is 12.8 Å². The highest BCUT2D eigenvalue weighted by atomic mass is 79.9. The number of ether oxygens (including phenoxy) is 3. The van der Waals surface area contributed by atoms with Gasteiger partial charge in [0.15, 0.2) is 23.9 Å². The molecule has 0 fully saturated rings. The first kappa shape index (κ1) is 34.6. The lowest BCUT2D eigenvalue weighted by Crippen LogP contribution is -2.20. The summed E-state index contributed by atoms with van der Waals surface area (Å²) in [6.07, 6.45) is 1.39. The number of hydrogen-bond acceptors (Lipinski definition) is 7. The minimum atomic E-state index is -0.557. The standard InChI is InChI=1S/C35H31BrCl2N4O6/c1-4-45-30-17-23(32(36)33(38)34(30)47-20-31(43)40-25-9-7-24(37)8-10-25)18-39-41-35(44)29-16-15-28(48-29)19-46-27-13-11-26(12-14-27)42-21(2)5-6-22(42)3/h5-18H,4,19-20H2,1-3H3,(H,40,43)(H,41,44)/b39-18+. The third-order valence-electron chi connectivity index (χ3n) is 6.93. The molecule has 0 bridgehead atoms. The molecule has 13 heteroatoms. The average molecular weight is 754 g/mol. The molecule has 0 unspecified atom stereocenters. The van der Waals surface area contributed by atoms with E-state index in [4.69, 9.17) is 41.8 Å². The second-order valence-electron chi connectivity index (χ2n) is 10.4. The molecule has 5 aromatic rings. The number of hydrogen-bond donors (Lipinski definition) is 2. The summed E-state index contributed by atoms with van der Waals surface area (Å²) in [5.41, 5.74) is 6.84. The van der Waals surface area contributed by atoms with Gasteiger partial charge in [0.1, 0.15) is 23.1 Å². The molecule has 5 rings (SSSR count). The third kappa shape index (κ3) is 8.60. The number of rotatable bonds is 13. The van der Waals surface area contributed by atoms with Crippen LogP contribution in [-0.4, -0.2) is 35.8 Å². The van der Waals surface area contributed by atoms with E-state index in [0.717, 1.165) is 17.1 Å². The van der Waals surface area contributed by atoms with E-state index in [2.05, 4.69) is 62.3 Å². The van der Waals surface area contributed by atoms with E-state index in [1.165, 1.54) is 6.21 Å². The van der Waals surface area contributed by atoms with Gasteiger partial charge < -0.3 is 28.5 Å². The fourth-order valence-electron chi connectivity index (χ4n) is 4.68. The second kappa shape index (κ2) is 15.9. The van der Waals surface area contributed by atoms with Crippen LogP contribution in [0.5, 0.6) is 17.2 Å². The maximum absolute atomic E-state index is 12.7. The van der Waals surface area contributed by atoms with Gasteiger partial charge in [-0.25, -0.2) is 5.43 Å². The first-order chi connectivity index (χ1) is 23.1. The molecule has 248 valence electrons. The zero-order chi connectivity index (χ0) is 34.2. The maximum Gasteiger partial charge on any atom is 0.307 e. The van der Waals surface area contributed by atoms with Crippen LogP contribution < -0.4 is 25.0 Å². The molecule has 0 saturated heterocycles. The van der Waals surface area contributed by atoms with Crippen molar-refractivity contribution in [2.24, 2.45) is 5.10 Å². The molecule has 0 radical (unpaired) electrons. The largest absolute Gasteiger partial charge is 0.490 e. The Kier molecular flexibility index (Phi) is 11.5. The Labute approximate surface area is 295 Å². The van der Waals surface area contributed by atoms with Crippen LogP contribution >= 0.6 is 39.1 Å². The smallest absolute Gasteiger partial charge is 0.307 e. The molecule has 0 aliphatic heterocycles. The first-order valence-electron chi connectivity index (χ1n) is 14.8. The monoisotopic (exact) mass is 752 g/mol. The molecule has 0 spiro atoms. The van der Waals surface area contributed by atoms with Gasteiger partial charge >= 0.3 is 5.91 Å². The van der Waals surface area contributed by atoms with Gasteiger partial charge in [-0.3, -0.25) is 9.59 Å². The lowest BCUT2D eigenvalue weighted by molar-refractivity contribution is -0.118. The number of carbonyl (C=O) groups excluding carboxylic acids is 2. The third-order valence-corrected chi connectivity index (χ3v) is 8.63. The van der Waals surface area contributed by atoms with E-state index in [1.54, 1.807) is 49.4 Å². The van der Waals surface area contributed by atoms with Crippen LogP contribution in [0.25, 0.3) is 5.69 Å². The molecule has 2 aromatic heterocycles. The van der Waals surface area contributed by atoms with Crippen molar-refractivity contribution in [2.75, 3.05) is 18.5 Å². The van der Waals surface area contributed by atoms with E-state index in [-0.39, 0.29) is 35.5 Å². The Morgan fingerprint density at radius 2 is 1.65 bits per heavy atom. The summed E-state index contributed by atoms with van der Waals surface area (Å²) >= 11 is 15.9. The topological polar surface area (TPSA) is 116 Å².